The van der Waals surface area contributed by atoms with Gasteiger partial charge in [-0.3, -0.25) is 14.4 Å². The first-order valence-electron chi connectivity index (χ1n) is 15.1. The lowest BCUT2D eigenvalue weighted by Gasteiger charge is -2.11. The lowest BCUT2D eigenvalue weighted by molar-refractivity contribution is -0.146. The summed E-state index contributed by atoms with van der Waals surface area (Å²) in [6, 6.07) is 0. The molecule has 0 unspecified atom stereocenters. The minimum absolute atomic E-state index is 0.0284. The van der Waals surface area contributed by atoms with E-state index in [1.165, 1.54) is 0 Å². The van der Waals surface area contributed by atoms with Crippen molar-refractivity contribution in [3.05, 3.63) is 61.9 Å². The van der Waals surface area contributed by atoms with Crippen LogP contribution in [0.15, 0.2) is 21.8 Å². The average molecular weight is 607 g/mol. The summed E-state index contributed by atoms with van der Waals surface area (Å²) >= 11 is 0. The molecule has 0 saturated carbocycles. The van der Waals surface area contributed by atoms with Crippen molar-refractivity contribution >= 4 is 35.5 Å². The lowest BCUT2D eigenvalue weighted by atomic mass is 9.92. The fourth-order valence-electron chi connectivity index (χ4n) is 6.44. The van der Waals surface area contributed by atoms with Gasteiger partial charge in [-0.2, -0.15) is 0 Å². The van der Waals surface area contributed by atoms with E-state index in [-0.39, 0.29) is 42.9 Å². The Bertz CT molecular complexity index is 1600. The predicted octanol–water partition coefficient (Wildman–Crippen LogP) is 3.94. The average Bonchev–Trinajstić information content (AvgIpc) is 3.60. The van der Waals surface area contributed by atoms with Crippen molar-refractivity contribution in [1.82, 2.24) is 15.3 Å². The van der Waals surface area contributed by atoms with Crippen LogP contribution >= 0.6 is 0 Å². The number of H-pyrrole nitrogens is 2. The number of carbonyl (C=O) groups is 4. The molecule has 2 aliphatic heterocycles. The number of aliphatic imine (C=N–C) groups is 1. The fourth-order valence-corrected chi connectivity index (χ4v) is 6.44. The molecule has 0 bridgehead atoms. The van der Waals surface area contributed by atoms with Crippen LogP contribution < -0.4 is 5.32 Å². The van der Waals surface area contributed by atoms with Crippen LogP contribution in [0.4, 0.5) is 0 Å². The van der Waals surface area contributed by atoms with E-state index >= 15 is 0 Å². The van der Waals surface area contributed by atoms with E-state index < -0.39 is 18.0 Å². The zero-order valence-corrected chi connectivity index (χ0v) is 26.2. The van der Waals surface area contributed by atoms with Gasteiger partial charge in [0.2, 0.25) is 5.91 Å². The third-order valence-corrected chi connectivity index (χ3v) is 9.20. The molecule has 6 N–H and O–H groups in total. The fraction of sp³-hybridized carbons (Fsp3) is 0.485. The van der Waals surface area contributed by atoms with E-state index in [1.807, 2.05) is 47.6 Å². The minimum Gasteiger partial charge on any atom is -0.481 e. The molecule has 11 heteroatoms. The maximum absolute atomic E-state index is 12.4. The molecule has 3 atom stereocenters. The molecule has 11 nitrogen and oxygen atoms in total. The summed E-state index contributed by atoms with van der Waals surface area (Å²) in [4.78, 5) is 59.1. The molecule has 1 fully saturated rings. The van der Waals surface area contributed by atoms with Crippen molar-refractivity contribution in [2.24, 2.45) is 16.8 Å². The van der Waals surface area contributed by atoms with E-state index in [4.69, 9.17) is 0 Å². The first kappa shape index (κ1) is 32.7. The number of allylic oxidation sites excluding steroid dienone is 2. The molecule has 2 amide bonds. The number of carboxylic acids is 2. The summed E-state index contributed by atoms with van der Waals surface area (Å²) < 4.78 is 0. The molecule has 1 saturated heterocycles. The Labute approximate surface area is 256 Å². The summed E-state index contributed by atoms with van der Waals surface area (Å²) in [7, 11) is 0. The monoisotopic (exact) mass is 606 g/mol. The molecular weight excluding hydrogens is 564 g/mol. The number of aromatic amines is 2. The normalized spacial score (nSPS) is 20.1. The van der Waals surface area contributed by atoms with Crippen LogP contribution in [0.5, 0.6) is 0 Å². The highest BCUT2D eigenvalue weighted by molar-refractivity contribution is 6.19. The van der Waals surface area contributed by atoms with Crippen molar-refractivity contribution < 1.29 is 34.5 Å². The Hall–Kier alpha value is -4.25. The van der Waals surface area contributed by atoms with Gasteiger partial charge in [0.25, 0.3) is 5.91 Å². The van der Waals surface area contributed by atoms with Crippen LogP contribution in [0.2, 0.25) is 0 Å². The molecule has 2 aromatic heterocycles. The number of hydrogen-bond acceptors (Lipinski definition) is 5. The first-order valence-corrected chi connectivity index (χ1v) is 15.1. The molecule has 2 aromatic rings. The highest BCUT2D eigenvalue weighted by Crippen LogP contribution is 2.33. The number of amides is 2. The topological polar surface area (TPSA) is 185 Å². The molecule has 2 aliphatic rings. The van der Waals surface area contributed by atoms with E-state index in [2.05, 4.69) is 20.3 Å². The van der Waals surface area contributed by atoms with Crippen molar-refractivity contribution in [2.75, 3.05) is 0 Å². The highest BCUT2D eigenvalue weighted by atomic mass is 16.4. The second-order valence-corrected chi connectivity index (χ2v) is 11.8. The Morgan fingerprint density at radius 2 is 1.66 bits per heavy atom. The Morgan fingerprint density at radius 1 is 0.977 bits per heavy atom. The van der Waals surface area contributed by atoms with Gasteiger partial charge >= 0.3 is 11.9 Å². The number of aromatic nitrogens is 2. The maximum atomic E-state index is 12.4. The van der Waals surface area contributed by atoms with Crippen LogP contribution in [0.25, 0.3) is 6.08 Å². The molecule has 4 rings (SSSR count). The van der Waals surface area contributed by atoms with Crippen molar-refractivity contribution in [3.63, 3.8) is 0 Å². The van der Waals surface area contributed by atoms with Gasteiger partial charge < -0.3 is 30.6 Å². The van der Waals surface area contributed by atoms with Gasteiger partial charge in [-0.15, -0.1) is 0 Å². The summed E-state index contributed by atoms with van der Waals surface area (Å²) in [6.45, 7) is 11.5. The molecule has 0 spiro atoms. The smallest absolute Gasteiger partial charge is 0.332 e. The van der Waals surface area contributed by atoms with Crippen molar-refractivity contribution in [1.29, 1.82) is 0 Å². The third-order valence-electron chi connectivity index (χ3n) is 9.20. The van der Waals surface area contributed by atoms with Crippen LogP contribution in [-0.2, 0) is 44.9 Å². The highest BCUT2D eigenvalue weighted by Gasteiger charge is 2.34. The standard InChI is InChI=1S/C33H42N4O7/c1-7-19-18(6)31(41)37-26(19)13-24-16(4)21(9-10-30(39)40)27(34-24)14-28-22(11-29(38)33(43)44)17(5)23(35-28)12-25-15(3)20(8-2)32(42)36-25/h13,18-19,29,34-35,38H,7-12,14H2,1-6H3,(H,37,41)(H,39,40)(H,43,44)/b26-13-/t18-,19-,29-/m1/s1. The van der Waals surface area contributed by atoms with Crippen LogP contribution in [0.3, 0.4) is 0 Å². The van der Waals surface area contributed by atoms with Crippen molar-refractivity contribution in [3.8, 4) is 0 Å². The number of carboxylic acid groups (broad SMARTS) is 2. The Morgan fingerprint density at radius 3 is 2.25 bits per heavy atom. The molecule has 4 heterocycles. The van der Waals surface area contributed by atoms with E-state index in [0.717, 1.165) is 51.5 Å². The molecule has 0 aromatic carbocycles. The largest absolute Gasteiger partial charge is 0.481 e. The van der Waals surface area contributed by atoms with Gasteiger partial charge in [0.1, 0.15) is 0 Å². The van der Waals surface area contributed by atoms with E-state index in [0.29, 0.717) is 41.8 Å². The molecule has 0 radical (unpaired) electrons. The zero-order chi connectivity index (χ0) is 32.5. The lowest BCUT2D eigenvalue weighted by Crippen LogP contribution is -2.22. The summed E-state index contributed by atoms with van der Waals surface area (Å²) in [6.07, 6.45) is 2.37. The maximum Gasteiger partial charge on any atom is 0.332 e. The summed E-state index contributed by atoms with van der Waals surface area (Å²) in [5.74, 6) is -2.63. The number of aliphatic carboxylic acids is 2. The Balaban J connectivity index is 1.78. The Kier molecular flexibility index (Phi) is 9.78. The number of nitrogens with one attached hydrogen (secondary N) is 3. The predicted molar refractivity (Wildman–Crippen MR) is 165 cm³/mol. The quantitative estimate of drug-likeness (QED) is 0.199. The second kappa shape index (κ2) is 13.2. The van der Waals surface area contributed by atoms with Gasteiger partial charge in [0, 0.05) is 71.6 Å². The molecule has 44 heavy (non-hydrogen) atoms. The second-order valence-electron chi connectivity index (χ2n) is 11.8. The number of aliphatic hydroxyl groups excluding tert-OH is 1. The van der Waals surface area contributed by atoms with E-state index in [9.17, 15) is 34.5 Å². The minimum atomic E-state index is -1.62. The SMILES string of the molecule is CCC1=C(C)C(Cc2[nH]c(Cc3[nH]c(/C=C4\NC(=O)[C@H](C)[C@H]4CC)c(C)c3CCC(=O)O)c(C[C@@H](O)C(=O)O)c2C)=NC1=O. The number of hydrogen-bond donors (Lipinski definition) is 6. The van der Waals surface area contributed by atoms with Gasteiger partial charge in [-0.25, -0.2) is 9.79 Å². The number of rotatable bonds is 13. The first-order chi connectivity index (χ1) is 20.8. The third kappa shape index (κ3) is 6.47. The van der Waals surface area contributed by atoms with Crippen LogP contribution in [-0.4, -0.2) is 60.9 Å². The van der Waals surface area contributed by atoms with Gasteiger partial charge in [-0.1, -0.05) is 20.8 Å². The van der Waals surface area contributed by atoms with Crippen LogP contribution in [0.1, 0.15) is 92.0 Å². The number of aliphatic hydroxyl groups is 1. The summed E-state index contributed by atoms with van der Waals surface area (Å²) in [5, 5.41) is 32.2. The molecule has 236 valence electrons. The molecular formula is C33H42N4O7. The van der Waals surface area contributed by atoms with Gasteiger partial charge in [-0.05, 0) is 73.9 Å². The van der Waals surface area contributed by atoms with Crippen molar-refractivity contribution in [2.45, 2.75) is 92.6 Å². The van der Waals surface area contributed by atoms with Crippen LogP contribution in [0, 0.1) is 25.7 Å². The number of nitrogens with zero attached hydrogens (tertiary/aromatic N) is 1. The summed E-state index contributed by atoms with van der Waals surface area (Å²) in [5.41, 5.74) is 9.10. The van der Waals surface area contributed by atoms with Gasteiger partial charge in [0.15, 0.2) is 6.10 Å². The van der Waals surface area contributed by atoms with Gasteiger partial charge in [0.05, 0.1) is 5.71 Å². The zero-order valence-electron chi connectivity index (χ0n) is 26.2. The number of carbonyl (C=O) groups excluding carboxylic acids is 2. The molecule has 0 aliphatic carbocycles. The van der Waals surface area contributed by atoms with E-state index in [1.54, 1.807) is 0 Å².